The lowest BCUT2D eigenvalue weighted by Crippen LogP contribution is -2.46. The lowest BCUT2D eigenvalue weighted by molar-refractivity contribution is -0.146. The van der Waals surface area contributed by atoms with Crippen molar-refractivity contribution in [2.24, 2.45) is 5.92 Å². The minimum Gasteiger partial charge on any atom is -0.497 e. The van der Waals surface area contributed by atoms with Crippen LogP contribution in [0.3, 0.4) is 0 Å². The second-order valence-corrected chi connectivity index (χ2v) is 5.96. The molecule has 0 aliphatic heterocycles. The zero-order valence-electron chi connectivity index (χ0n) is 13.1. The Bertz CT molecular complexity index is 471. The van der Waals surface area contributed by atoms with Gasteiger partial charge in [0.2, 0.25) is 0 Å². The average Bonchev–Trinajstić information content (AvgIpc) is 2.70. The molecule has 2 unspecified atom stereocenters. The minimum atomic E-state index is -0.603. The van der Waals surface area contributed by atoms with E-state index >= 15 is 0 Å². The number of ether oxygens (including phenoxy) is 2. The van der Waals surface area contributed by atoms with Crippen molar-refractivity contribution in [3.63, 3.8) is 0 Å². The Morgan fingerprint density at radius 1 is 1.19 bits per heavy atom. The van der Waals surface area contributed by atoms with Crippen molar-refractivity contribution in [3.8, 4) is 5.75 Å². The quantitative estimate of drug-likeness (QED) is 0.680. The van der Waals surface area contributed by atoms with E-state index in [1.165, 1.54) is 13.5 Å². The number of nitrogens with one attached hydrogen (secondary N) is 1. The van der Waals surface area contributed by atoms with Gasteiger partial charge < -0.3 is 14.8 Å². The first-order valence-electron chi connectivity index (χ1n) is 7.60. The van der Waals surface area contributed by atoms with E-state index in [2.05, 4.69) is 12.2 Å². The molecule has 21 heavy (non-hydrogen) atoms. The second kappa shape index (κ2) is 6.83. The molecule has 1 fully saturated rings. The summed E-state index contributed by atoms with van der Waals surface area (Å²) in [7, 11) is 3.11. The Labute approximate surface area is 126 Å². The Kier molecular flexibility index (Phi) is 5.10. The molecule has 1 aliphatic rings. The first-order valence-corrected chi connectivity index (χ1v) is 7.60. The van der Waals surface area contributed by atoms with Crippen molar-refractivity contribution in [3.05, 3.63) is 24.3 Å². The fourth-order valence-corrected chi connectivity index (χ4v) is 3.04. The highest BCUT2D eigenvalue weighted by Crippen LogP contribution is 2.34. The predicted octanol–water partition coefficient (Wildman–Crippen LogP) is 3.62. The number of carbonyl (C=O) groups is 1. The van der Waals surface area contributed by atoms with Crippen molar-refractivity contribution in [2.75, 3.05) is 19.5 Å². The van der Waals surface area contributed by atoms with Gasteiger partial charge in [0, 0.05) is 5.69 Å². The SMILES string of the molecule is COC(=O)C1(Nc2ccc(OC)cc2)CCCC(C)CC1. The maximum atomic E-state index is 12.4. The van der Waals surface area contributed by atoms with Crippen LogP contribution in [0.15, 0.2) is 24.3 Å². The van der Waals surface area contributed by atoms with E-state index < -0.39 is 5.54 Å². The first kappa shape index (κ1) is 15.7. The normalized spacial score (nSPS) is 25.8. The molecule has 0 saturated heterocycles. The summed E-state index contributed by atoms with van der Waals surface area (Å²) < 4.78 is 10.2. The number of benzene rings is 1. The molecule has 1 aromatic carbocycles. The molecule has 0 heterocycles. The highest BCUT2D eigenvalue weighted by atomic mass is 16.5. The summed E-state index contributed by atoms with van der Waals surface area (Å²) in [6.45, 7) is 2.25. The van der Waals surface area contributed by atoms with Crippen LogP contribution in [0.4, 0.5) is 5.69 Å². The van der Waals surface area contributed by atoms with Gasteiger partial charge in [-0.1, -0.05) is 19.8 Å². The largest absolute Gasteiger partial charge is 0.497 e. The third-order valence-electron chi connectivity index (χ3n) is 4.41. The summed E-state index contributed by atoms with van der Waals surface area (Å²) >= 11 is 0. The Balaban J connectivity index is 2.20. The van der Waals surface area contributed by atoms with Crippen molar-refractivity contribution in [2.45, 2.75) is 44.6 Å². The Morgan fingerprint density at radius 3 is 2.52 bits per heavy atom. The molecule has 2 rings (SSSR count). The van der Waals surface area contributed by atoms with Crippen LogP contribution in [0.5, 0.6) is 5.75 Å². The second-order valence-electron chi connectivity index (χ2n) is 5.96. The van der Waals surface area contributed by atoms with Gasteiger partial charge in [-0.05, 0) is 49.4 Å². The lowest BCUT2D eigenvalue weighted by Gasteiger charge is -2.32. The molecule has 4 nitrogen and oxygen atoms in total. The minimum absolute atomic E-state index is 0.160. The summed E-state index contributed by atoms with van der Waals surface area (Å²) in [6.07, 6.45) is 4.88. The van der Waals surface area contributed by atoms with Crippen molar-refractivity contribution < 1.29 is 14.3 Å². The molecule has 0 amide bonds. The number of methoxy groups -OCH3 is 2. The first-order chi connectivity index (χ1) is 10.1. The molecule has 0 aromatic heterocycles. The smallest absolute Gasteiger partial charge is 0.331 e. The number of hydrogen-bond donors (Lipinski definition) is 1. The highest BCUT2D eigenvalue weighted by Gasteiger charge is 2.40. The molecule has 0 bridgehead atoms. The zero-order valence-corrected chi connectivity index (χ0v) is 13.1. The Morgan fingerprint density at radius 2 is 1.90 bits per heavy atom. The van der Waals surface area contributed by atoms with E-state index in [0.29, 0.717) is 5.92 Å². The fraction of sp³-hybridized carbons (Fsp3) is 0.588. The summed E-state index contributed by atoms with van der Waals surface area (Å²) in [4.78, 5) is 12.4. The standard InChI is InChI=1S/C17H25NO3/c1-13-5-4-11-17(12-10-13,16(19)21-3)18-14-6-8-15(20-2)9-7-14/h6-9,13,18H,4-5,10-12H2,1-3H3. The molecule has 116 valence electrons. The fourth-order valence-electron chi connectivity index (χ4n) is 3.04. The molecule has 0 spiro atoms. The number of carbonyl (C=O) groups excluding carboxylic acids is 1. The third kappa shape index (κ3) is 3.69. The molecular formula is C17H25NO3. The van der Waals surface area contributed by atoms with Gasteiger partial charge in [0.05, 0.1) is 14.2 Å². The summed E-state index contributed by atoms with van der Waals surface area (Å²) in [5.74, 6) is 1.31. The van der Waals surface area contributed by atoms with Crippen LogP contribution in [-0.2, 0) is 9.53 Å². The summed E-state index contributed by atoms with van der Waals surface area (Å²) in [6, 6.07) is 7.68. The molecule has 1 aromatic rings. The van der Waals surface area contributed by atoms with Crippen LogP contribution < -0.4 is 10.1 Å². The third-order valence-corrected chi connectivity index (χ3v) is 4.41. The molecule has 2 atom stereocenters. The number of anilines is 1. The van der Waals surface area contributed by atoms with Crippen LogP contribution >= 0.6 is 0 Å². The average molecular weight is 291 g/mol. The molecule has 1 N–H and O–H groups in total. The van der Waals surface area contributed by atoms with Gasteiger partial charge in [-0.25, -0.2) is 4.79 Å². The van der Waals surface area contributed by atoms with Crippen LogP contribution in [0.1, 0.15) is 39.0 Å². The molecule has 1 saturated carbocycles. The maximum absolute atomic E-state index is 12.4. The number of esters is 1. The summed E-state index contributed by atoms with van der Waals surface area (Å²) in [5, 5.41) is 3.43. The van der Waals surface area contributed by atoms with E-state index in [0.717, 1.165) is 37.1 Å². The van der Waals surface area contributed by atoms with E-state index in [-0.39, 0.29) is 5.97 Å². The van der Waals surface area contributed by atoms with Gasteiger partial charge in [-0.3, -0.25) is 0 Å². The van der Waals surface area contributed by atoms with Gasteiger partial charge in [-0.2, -0.15) is 0 Å². The number of hydrogen-bond acceptors (Lipinski definition) is 4. The van der Waals surface area contributed by atoms with Crippen LogP contribution in [0.25, 0.3) is 0 Å². The monoisotopic (exact) mass is 291 g/mol. The van der Waals surface area contributed by atoms with Gasteiger partial charge >= 0.3 is 5.97 Å². The van der Waals surface area contributed by atoms with Gasteiger partial charge in [0.15, 0.2) is 0 Å². The Hall–Kier alpha value is -1.71. The van der Waals surface area contributed by atoms with Gasteiger partial charge in [0.25, 0.3) is 0 Å². The van der Waals surface area contributed by atoms with Crippen molar-refractivity contribution in [1.82, 2.24) is 0 Å². The molecular weight excluding hydrogens is 266 g/mol. The van der Waals surface area contributed by atoms with Gasteiger partial charge in [-0.15, -0.1) is 0 Å². The van der Waals surface area contributed by atoms with E-state index in [1.807, 2.05) is 24.3 Å². The molecule has 4 heteroatoms. The van der Waals surface area contributed by atoms with Gasteiger partial charge in [0.1, 0.15) is 11.3 Å². The predicted molar refractivity (Wildman–Crippen MR) is 83.6 cm³/mol. The zero-order chi connectivity index (χ0) is 15.3. The number of rotatable bonds is 4. The topological polar surface area (TPSA) is 47.6 Å². The van der Waals surface area contributed by atoms with E-state index in [4.69, 9.17) is 9.47 Å². The highest BCUT2D eigenvalue weighted by molar-refractivity contribution is 5.84. The van der Waals surface area contributed by atoms with Crippen molar-refractivity contribution >= 4 is 11.7 Å². The maximum Gasteiger partial charge on any atom is 0.331 e. The van der Waals surface area contributed by atoms with E-state index in [1.54, 1.807) is 7.11 Å². The van der Waals surface area contributed by atoms with Crippen molar-refractivity contribution in [1.29, 1.82) is 0 Å². The van der Waals surface area contributed by atoms with Crippen LogP contribution in [-0.4, -0.2) is 25.7 Å². The lowest BCUT2D eigenvalue weighted by atomic mass is 9.89. The molecule has 0 radical (unpaired) electrons. The summed E-state index contributed by atoms with van der Waals surface area (Å²) in [5.41, 5.74) is 0.324. The van der Waals surface area contributed by atoms with E-state index in [9.17, 15) is 4.79 Å². The van der Waals surface area contributed by atoms with Crippen LogP contribution in [0, 0.1) is 5.92 Å². The van der Waals surface area contributed by atoms with Crippen LogP contribution in [0.2, 0.25) is 0 Å². The molecule has 1 aliphatic carbocycles.